The summed E-state index contributed by atoms with van der Waals surface area (Å²) in [6.45, 7) is 2.14. The van der Waals surface area contributed by atoms with E-state index in [4.69, 9.17) is 0 Å². The molecule has 12 heavy (non-hydrogen) atoms. The van der Waals surface area contributed by atoms with Gasteiger partial charge < -0.3 is 0 Å². The minimum atomic E-state index is 0.990. The Morgan fingerprint density at radius 1 is 1.17 bits per heavy atom. The van der Waals surface area contributed by atoms with Crippen molar-refractivity contribution in [2.75, 3.05) is 0 Å². The van der Waals surface area contributed by atoms with Crippen LogP contribution in [0.15, 0.2) is 42.0 Å². The second-order valence-electron chi connectivity index (χ2n) is 3.12. The Labute approximate surface area is 73.2 Å². The van der Waals surface area contributed by atoms with Crippen LogP contribution in [0, 0.1) is 6.08 Å². The van der Waals surface area contributed by atoms with Crippen LogP contribution in [0.3, 0.4) is 0 Å². The van der Waals surface area contributed by atoms with Crippen LogP contribution in [-0.4, -0.2) is 0 Å². The molecule has 1 aromatic rings. The summed E-state index contributed by atoms with van der Waals surface area (Å²) in [5.41, 5.74) is 3.91. The molecule has 59 valence electrons. The first-order valence-corrected chi connectivity index (χ1v) is 4.20. The minimum Gasteiger partial charge on any atom is -0.0683 e. The average Bonchev–Trinajstić information content (AvgIpc) is 2.54. The Kier molecular flexibility index (Phi) is 1.83. The van der Waals surface area contributed by atoms with Crippen LogP contribution in [0.4, 0.5) is 0 Å². The summed E-state index contributed by atoms with van der Waals surface area (Å²) in [6.07, 6.45) is 6.54. The molecule has 0 aliphatic heterocycles. The molecule has 1 aliphatic rings. The lowest BCUT2D eigenvalue weighted by Gasteiger charge is -1.96. The van der Waals surface area contributed by atoms with Gasteiger partial charge in [0.05, 0.1) is 0 Å². The lowest BCUT2D eigenvalue weighted by Crippen LogP contribution is -1.75. The predicted octanol–water partition coefficient (Wildman–Crippen LogP) is 3.22. The highest BCUT2D eigenvalue weighted by molar-refractivity contribution is 5.75. The fraction of sp³-hybridized carbons (Fsp3) is 0.167. The summed E-state index contributed by atoms with van der Waals surface area (Å²) in [4.78, 5) is 0. The molecule has 0 N–H and O–H groups in total. The maximum absolute atomic E-state index is 3.35. The van der Waals surface area contributed by atoms with Gasteiger partial charge in [-0.2, -0.15) is 0 Å². The highest BCUT2D eigenvalue weighted by Gasteiger charge is 2.04. The fourth-order valence-electron chi connectivity index (χ4n) is 1.39. The summed E-state index contributed by atoms with van der Waals surface area (Å²) in [7, 11) is 0. The zero-order chi connectivity index (χ0) is 8.39. The van der Waals surface area contributed by atoms with Crippen molar-refractivity contribution in [2.45, 2.75) is 13.3 Å². The smallest absolute Gasteiger partial charge is 0.00573 e. The third-order valence-electron chi connectivity index (χ3n) is 2.03. The van der Waals surface area contributed by atoms with Crippen LogP contribution in [0.5, 0.6) is 0 Å². The molecular formula is C12H11. The summed E-state index contributed by atoms with van der Waals surface area (Å²) in [5, 5.41) is 0. The molecule has 0 saturated carbocycles. The van der Waals surface area contributed by atoms with Crippen molar-refractivity contribution < 1.29 is 0 Å². The lowest BCUT2D eigenvalue weighted by molar-refractivity contribution is 1.22. The average molecular weight is 155 g/mol. The van der Waals surface area contributed by atoms with E-state index in [0.29, 0.717) is 0 Å². The molecule has 0 nitrogen and oxygen atoms in total. The van der Waals surface area contributed by atoms with E-state index in [1.807, 2.05) is 6.07 Å². The quantitative estimate of drug-likeness (QED) is 0.584. The lowest BCUT2D eigenvalue weighted by atomic mass is 10.1. The van der Waals surface area contributed by atoms with Crippen molar-refractivity contribution in [2.24, 2.45) is 0 Å². The summed E-state index contributed by atoms with van der Waals surface area (Å²) >= 11 is 0. The fourth-order valence-corrected chi connectivity index (χ4v) is 1.39. The molecule has 0 unspecified atom stereocenters. The maximum atomic E-state index is 3.35. The molecule has 0 saturated heterocycles. The second kappa shape index (κ2) is 2.98. The van der Waals surface area contributed by atoms with Gasteiger partial charge in [0.2, 0.25) is 0 Å². The van der Waals surface area contributed by atoms with Crippen LogP contribution >= 0.6 is 0 Å². The normalized spacial score (nSPS) is 15.8. The molecule has 0 heteroatoms. The van der Waals surface area contributed by atoms with E-state index in [1.54, 1.807) is 0 Å². The van der Waals surface area contributed by atoms with Gasteiger partial charge in [0.25, 0.3) is 0 Å². The van der Waals surface area contributed by atoms with Gasteiger partial charge in [-0.05, 0) is 30.6 Å². The molecular weight excluding hydrogens is 144 g/mol. The Hall–Kier alpha value is -1.30. The van der Waals surface area contributed by atoms with E-state index in [2.05, 4.69) is 43.3 Å². The first kappa shape index (κ1) is 7.35. The van der Waals surface area contributed by atoms with Gasteiger partial charge >= 0.3 is 0 Å². The Morgan fingerprint density at radius 2 is 1.92 bits per heavy atom. The highest BCUT2D eigenvalue weighted by atomic mass is 14.1. The van der Waals surface area contributed by atoms with Gasteiger partial charge in [0.15, 0.2) is 0 Å². The van der Waals surface area contributed by atoms with Gasteiger partial charge in [-0.15, -0.1) is 0 Å². The molecule has 1 aliphatic carbocycles. The molecule has 0 heterocycles. The first-order valence-electron chi connectivity index (χ1n) is 4.20. The number of hydrogen-bond acceptors (Lipinski definition) is 0. The highest BCUT2D eigenvalue weighted by Crippen LogP contribution is 2.24. The van der Waals surface area contributed by atoms with Crippen LogP contribution in [0.2, 0.25) is 0 Å². The minimum absolute atomic E-state index is 0.990. The third-order valence-corrected chi connectivity index (χ3v) is 2.03. The third kappa shape index (κ3) is 1.33. The predicted molar refractivity (Wildman–Crippen MR) is 51.5 cm³/mol. The van der Waals surface area contributed by atoms with E-state index >= 15 is 0 Å². The maximum Gasteiger partial charge on any atom is -0.00573 e. The van der Waals surface area contributed by atoms with E-state index < -0.39 is 0 Å². The molecule has 0 amide bonds. The largest absolute Gasteiger partial charge is 0.0683 e. The standard InChI is InChI=1S/C12H11/c1-10-7-8-12(9-10)11-5-3-2-4-6-11/h2-6,9H,7H2,1H3. The van der Waals surface area contributed by atoms with Crippen molar-refractivity contribution >= 4 is 5.57 Å². The molecule has 0 aromatic heterocycles. The summed E-state index contributed by atoms with van der Waals surface area (Å²) in [5.74, 6) is 0. The van der Waals surface area contributed by atoms with E-state index in [1.165, 1.54) is 16.7 Å². The monoisotopic (exact) mass is 155 g/mol. The summed E-state index contributed by atoms with van der Waals surface area (Å²) < 4.78 is 0. The molecule has 0 bridgehead atoms. The zero-order valence-electron chi connectivity index (χ0n) is 7.17. The van der Waals surface area contributed by atoms with Crippen molar-refractivity contribution in [3.8, 4) is 0 Å². The molecule has 0 atom stereocenters. The van der Waals surface area contributed by atoms with E-state index in [-0.39, 0.29) is 0 Å². The molecule has 1 radical (unpaired) electrons. The molecule has 1 aromatic carbocycles. The number of hydrogen-bond donors (Lipinski definition) is 0. The van der Waals surface area contributed by atoms with Crippen molar-refractivity contribution in [3.63, 3.8) is 0 Å². The van der Waals surface area contributed by atoms with Crippen LogP contribution in [0.25, 0.3) is 5.57 Å². The topological polar surface area (TPSA) is 0 Å². The van der Waals surface area contributed by atoms with Gasteiger partial charge in [-0.1, -0.05) is 42.0 Å². The van der Waals surface area contributed by atoms with Crippen molar-refractivity contribution in [3.05, 3.63) is 53.6 Å². The number of rotatable bonds is 1. The Morgan fingerprint density at radius 3 is 2.50 bits per heavy atom. The van der Waals surface area contributed by atoms with Gasteiger partial charge in [-0.3, -0.25) is 0 Å². The number of benzene rings is 1. The van der Waals surface area contributed by atoms with Gasteiger partial charge in [0, 0.05) is 0 Å². The van der Waals surface area contributed by atoms with Crippen molar-refractivity contribution in [1.82, 2.24) is 0 Å². The van der Waals surface area contributed by atoms with Gasteiger partial charge in [0.1, 0.15) is 0 Å². The molecule has 0 spiro atoms. The first-order chi connectivity index (χ1) is 5.86. The Bertz CT molecular complexity index is 328. The van der Waals surface area contributed by atoms with Crippen LogP contribution in [0.1, 0.15) is 18.9 Å². The molecule has 0 fully saturated rings. The number of allylic oxidation sites excluding steroid dienone is 4. The van der Waals surface area contributed by atoms with Gasteiger partial charge in [-0.25, -0.2) is 0 Å². The van der Waals surface area contributed by atoms with E-state index in [0.717, 1.165) is 6.42 Å². The molecule has 2 rings (SSSR count). The van der Waals surface area contributed by atoms with Crippen molar-refractivity contribution in [1.29, 1.82) is 0 Å². The van der Waals surface area contributed by atoms with Crippen LogP contribution < -0.4 is 0 Å². The van der Waals surface area contributed by atoms with E-state index in [9.17, 15) is 0 Å². The summed E-state index contributed by atoms with van der Waals surface area (Å²) in [6, 6.07) is 10.4. The second-order valence-corrected chi connectivity index (χ2v) is 3.12. The SMILES string of the molecule is CC1=CC(c2ccccc2)=[C]C1. The van der Waals surface area contributed by atoms with Crippen LogP contribution in [-0.2, 0) is 0 Å². The zero-order valence-corrected chi connectivity index (χ0v) is 7.17. The Balaban J connectivity index is 2.34.